The predicted octanol–water partition coefficient (Wildman–Crippen LogP) is 3.38. The van der Waals surface area contributed by atoms with Crippen molar-refractivity contribution in [2.24, 2.45) is 0 Å². The van der Waals surface area contributed by atoms with Gasteiger partial charge in [0.15, 0.2) is 0 Å². The number of hydrogen-bond donors (Lipinski definition) is 1. The lowest BCUT2D eigenvalue weighted by Crippen LogP contribution is -2.20. The Hall–Kier alpha value is -1.52. The maximum absolute atomic E-state index is 6.40. The van der Waals surface area contributed by atoms with Gasteiger partial charge >= 0.3 is 0 Å². The highest BCUT2D eigenvalue weighted by Crippen LogP contribution is 2.27. The highest BCUT2D eigenvalue weighted by atomic mass is 35.5. The van der Waals surface area contributed by atoms with Crippen LogP contribution in [0.15, 0.2) is 24.3 Å². The van der Waals surface area contributed by atoms with Gasteiger partial charge in [0, 0.05) is 19.0 Å². The Labute approximate surface area is 131 Å². The van der Waals surface area contributed by atoms with E-state index >= 15 is 0 Å². The fourth-order valence-corrected chi connectivity index (χ4v) is 2.69. The summed E-state index contributed by atoms with van der Waals surface area (Å²) in [7, 11) is 3.63. The molecule has 0 fully saturated rings. The van der Waals surface area contributed by atoms with Crippen molar-refractivity contribution in [2.45, 2.75) is 32.9 Å². The monoisotopic (exact) mass is 307 g/mol. The van der Waals surface area contributed by atoms with Gasteiger partial charge in [0.05, 0.1) is 23.5 Å². The van der Waals surface area contributed by atoms with Crippen LogP contribution in [0.5, 0.6) is 5.75 Å². The smallest absolute Gasteiger partial charge is 0.118 e. The van der Waals surface area contributed by atoms with Crippen molar-refractivity contribution in [3.63, 3.8) is 0 Å². The molecule has 2 aromatic rings. The van der Waals surface area contributed by atoms with Gasteiger partial charge in [-0.2, -0.15) is 5.10 Å². The van der Waals surface area contributed by atoms with Crippen LogP contribution in [0.1, 0.15) is 29.9 Å². The molecule has 1 atom stereocenters. The molecule has 1 unspecified atom stereocenters. The van der Waals surface area contributed by atoms with Crippen molar-refractivity contribution < 1.29 is 4.74 Å². The second kappa shape index (κ2) is 6.96. The molecule has 0 saturated heterocycles. The number of rotatable bonds is 6. The molecule has 0 aliphatic heterocycles. The van der Waals surface area contributed by atoms with Gasteiger partial charge in [0.1, 0.15) is 5.75 Å². The first-order valence-corrected chi connectivity index (χ1v) is 7.51. The van der Waals surface area contributed by atoms with Crippen LogP contribution in [0.3, 0.4) is 0 Å². The number of benzene rings is 1. The second-order valence-corrected chi connectivity index (χ2v) is 5.36. The van der Waals surface area contributed by atoms with Gasteiger partial charge in [-0.3, -0.25) is 4.68 Å². The molecular weight excluding hydrogens is 286 g/mol. The number of aryl methyl sites for hydroxylation is 2. The van der Waals surface area contributed by atoms with Gasteiger partial charge in [-0.05, 0) is 38.6 Å². The first kappa shape index (κ1) is 15.9. The minimum absolute atomic E-state index is 0.190. The van der Waals surface area contributed by atoms with Gasteiger partial charge in [0.2, 0.25) is 0 Å². The summed E-state index contributed by atoms with van der Waals surface area (Å²) in [5.41, 5.74) is 3.17. The third-order valence-electron chi connectivity index (χ3n) is 3.72. The van der Waals surface area contributed by atoms with Crippen molar-refractivity contribution in [3.05, 3.63) is 46.2 Å². The molecule has 114 valence electrons. The molecule has 5 heteroatoms. The van der Waals surface area contributed by atoms with Gasteiger partial charge in [0.25, 0.3) is 0 Å². The van der Waals surface area contributed by atoms with Gasteiger partial charge in [-0.15, -0.1) is 0 Å². The average Bonchev–Trinajstić information content (AvgIpc) is 2.80. The van der Waals surface area contributed by atoms with Crippen molar-refractivity contribution in [1.29, 1.82) is 0 Å². The maximum Gasteiger partial charge on any atom is 0.118 e. The van der Waals surface area contributed by atoms with Crippen LogP contribution in [-0.4, -0.2) is 23.9 Å². The van der Waals surface area contributed by atoms with Crippen molar-refractivity contribution in [2.75, 3.05) is 14.2 Å². The Morgan fingerprint density at radius 1 is 1.33 bits per heavy atom. The lowest BCUT2D eigenvalue weighted by molar-refractivity contribution is 0.414. The Morgan fingerprint density at radius 2 is 2.00 bits per heavy atom. The number of ether oxygens (including phenoxy) is 1. The Balaban J connectivity index is 2.26. The molecule has 2 rings (SSSR count). The first-order chi connectivity index (χ1) is 10.1. The van der Waals surface area contributed by atoms with Crippen molar-refractivity contribution >= 4 is 11.6 Å². The molecule has 0 spiro atoms. The van der Waals surface area contributed by atoms with E-state index in [1.54, 1.807) is 7.11 Å². The summed E-state index contributed by atoms with van der Waals surface area (Å²) in [5, 5.41) is 8.59. The Bertz CT molecular complexity index is 592. The summed E-state index contributed by atoms with van der Waals surface area (Å²) in [6, 6.07) is 8.29. The summed E-state index contributed by atoms with van der Waals surface area (Å²) in [6.07, 6.45) is 0.802. The zero-order valence-electron chi connectivity index (χ0n) is 13.0. The topological polar surface area (TPSA) is 39.1 Å². The number of nitrogens with one attached hydrogen (secondary N) is 1. The molecule has 0 saturated carbocycles. The standard InChI is InChI=1S/C16H22ClN3O/c1-5-20-15(16(17)11(2)19-20)10-14(18-3)12-6-8-13(21-4)9-7-12/h6-9,14,18H,5,10H2,1-4H3. The minimum atomic E-state index is 0.190. The van der Waals surface area contributed by atoms with Crippen molar-refractivity contribution in [3.8, 4) is 5.75 Å². The number of methoxy groups -OCH3 is 1. The normalized spacial score (nSPS) is 12.4. The summed E-state index contributed by atoms with van der Waals surface area (Å²) in [4.78, 5) is 0. The fourth-order valence-electron chi connectivity index (χ4n) is 2.48. The molecule has 0 aliphatic carbocycles. The molecule has 1 heterocycles. The third kappa shape index (κ3) is 3.39. The van der Waals surface area contributed by atoms with Crippen molar-refractivity contribution in [1.82, 2.24) is 15.1 Å². The Kier molecular flexibility index (Phi) is 5.26. The van der Waals surface area contributed by atoms with E-state index in [2.05, 4.69) is 29.5 Å². The van der Waals surface area contributed by atoms with E-state index < -0.39 is 0 Å². The number of likely N-dealkylation sites (N-methyl/N-ethyl adjacent to an activating group) is 1. The zero-order valence-corrected chi connectivity index (χ0v) is 13.7. The van der Waals surface area contributed by atoms with Crippen LogP contribution in [0, 0.1) is 6.92 Å². The lowest BCUT2D eigenvalue weighted by Gasteiger charge is -2.18. The quantitative estimate of drug-likeness (QED) is 0.889. The fraction of sp³-hybridized carbons (Fsp3) is 0.438. The number of hydrogen-bond acceptors (Lipinski definition) is 3. The SMILES string of the molecule is CCn1nc(C)c(Cl)c1CC(NC)c1ccc(OC)cc1. The van der Waals surface area contributed by atoms with Crippen LogP contribution in [0.25, 0.3) is 0 Å². The minimum Gasteiger partial charge on any atom is -0.497 e. The summed E-state index contributed by atoms with van der Waals surface area (Å²) < 4.78 is 7.18. The van der Waals surface area contributed by atoms with Crippen LogP contribution >= 0.6 is 11.6 Å². The third-order valence-corrected chi connectivity index (χ3v) is 4.21. The van der Waals surface area contributed by atoms with Crippen LogP contribution in [0.2, 0.25) is 5.02 Å². The summed E-state index contributed by atoms with van der Waals surface area (Å²) >= 11 is 6.40. The molecule has 1 N–H and O–H groups in total. The predicted molar refractivity (Wildman–Crippen MR) is 86.1 cm³/mol. The van der Waals surface area contributed by atoms with Crippen LogP contribution in [0.4, 0.5) is 0 Å². The second-order valence-electron chi connectivity index (χ2n) is 4.98. The Morgan fingerprint density at radius 3 is 2.52 bits per heavy atom. The largest absolute Gasteiger partial charge is 0.497 e. The summed E-state index contributed by atoms with van der Waals surface area (Å²) in [5.74, 6) is 0.862. The highest BCUT2D eigenvalue weighted by molar-refractivity contribution is 6.31. The molecule has 0 radical (unpaired) electrons. The molecule has 1 aromatic heterocycles. The molecule has 4 nitrogen and oxygen atoms in total. The molecule has 0 aliphatic rings. The van der Waals surface area contributed by atoms with Gasteiger partial charge in [-0.25, -0.2) is 0 Å². The number of nitrogens with zero attached hydrogens (tertiary/aromatic N) is 2. The van der Waals surface area contributed by atoms with E-state index in [1.807, 2.05) is 30.8 Å². The highest BCUT2D eigenvalue weighted by Gasteiger charge is 2.18. The van der Waals surface area contributed by atoms with E-state index in [4.69, 9.17) is 16.3 Å². The van der Waals surface area contributed by atoms with E-state index in [9.17, 15) is 0 Å². The molecule has 0 amide bonds. The summed E-state index contributed by atoms with van der Waals surface area (Å²) in [6.45, 7) is 4.84. The molecule has 21 heavy (non-hydrogen) atoms. The molecular formula is C16H22ClN3O. The number of aromatic nitrogens is 2. The maximum atomic E-state index is 6.40. The first-order valence-electron chi connectivity index (χ1n) is 7.13. The van der Waals surface area contributed by atoms with E-state index in [0.717, 1.165) is 35.1 Å². The van der Waals surface area contributed by atoms with E-state index in [-0.39, 0.29) is 6.04 Å². The lowest BCUT2D eigenvalue weighted by atomic mass is 10.0. The molecule has 0 bridgehead atoms. The van der Waals surface area contributed by atoms with E-state index in [1.165, 1.54) is 5.56 Å². The zero-order chi connectivity index (χ0) is 15.4. The van der Waals surface area contributed by atoms with Crippen LogP contribution < -0.4 is 10.1 Å². The van der Waals surface area contributed by atoms with Crippen LogP contribution in [-0.2, 0) is 13.0 Å². The average molecular weight is 308 g/mol. The van der Waals surface area contributed by atoms with Gasteiger partial charge < -0.3 is 10.1 Å². The van der Waals surface area contributed by atoms with E-state index in [0.29, 0.717) is 0 Å². The van der Waals surface area contributed by atoms with Gasteiger partial charge in [-0.1, -0.05) is 23.7 Å². The number of halogens is 1. The molecule has 1 aromatic carbocycles.